The zero-order chi connectivity index (χ0) is 21.0. The molecule has 0 radical (unpaired) electrons. The Morgan fingerprint density at radius 3 is 2.59 bits per heavy atom. The summed E-state index contributed by atoms with van der Waals surface area (Å²) in [7, 11) is 0. The molecular weight excluding hydrogens is 391 g/mol. The summed E-state index contributed by atoms with van der Waals surface area (Å²) >= 11 is 1.22. The van der Waals surface area contributed by atoms with Crippen molar-refractivity contribution in [1.29, 1.82) is 0 Å². The predicted octanol–water partition coefficient (Wildman–Crippen LogP) is 4.60. The molecule has 29 heavy (non-hydrogen) atoms. The van der Waals surface area contributed by atoms with Crippen molar-refractivity contribution in [3.8, 4) is 11.4 Å². The first-order valence-corrected chi connectivity index (χ1v) is 10.1. The van der Waals surface area contributed by atoms with E-state index in [1.165, 1.54) is 24.8 Å². The van der Waals surface area contributed by atoms with Crippen molar-refractivity contribution in [2.24, 2.45) is 0 Å². The van der Waals surface area contributed by atoms with Gasteiger partial charge in [0.15, 0.2) is 16.8 Å². The fourth-order valence-corrected chi connectivity index (χ4v) is 3.68. The number of ketones is 1. The van der Waals surface area contributed by atoms with Gasteiger partial charge in [-0.2, -0.15) is 0 Å². The van der Waals surface area contributed by atoms with Gasteiger partial charge in [-0.25, -0.2) is 4.39 Å². The van der Waals surface area contributed by atoms with Crippen molar-refractivity contribution in [2.75, 3.05) is 11.1 Å². The zero-order valence-corrected chi connectivity index (χ0v) is 17.2. The Morgan fingerprint density at radius 2 is 1.90 bits per heavy atom. The van der Waals surface area contributed by atoms with E-state index in [1.54, 1.807) is 42.5 Å². The fraction of sp³-hybridized carbons (Fsp3) is 0.238. The van der Waals surface area contributed by atoms with E-state index < -0.39 is 0 Å². The molecule has 0 fully saturated rings. The Hall–Kier alpha value is -3.00. The van der Waals surface area contributed by atoms with Gasteiger partial charge in [0.2, 0.25) is 5.91 Å². The molecule has 3 rings (SSSR count). The average molecular weight is 412 g/mol. The number of carbonyl (C=O) groups excluding carboxylic acids is 2. The first-order valence-electron chi connectivity index (χ1n) is 9.10. The normalized spacial score (nSPS) is 10.9. The van der Waals surface area contributed by atoms with E-state index in [-0.39, 0.29) is 29.3 Å². The number of carbonyl (C=O) groups is 2. The third-order valence-corrected chi connectivity index (χ3v) is 5.12. The first-order chi connectivity index (χ1) is 13.9. The SMILES string of the molecule is CC(=O)c1cccc(NC(=O)CSc2nnc(-c3ccccc3F)n2C(C)C)c1. The third kappa shape index (κ3) is 4.89. The molecule has 0 bridgehead atoms. The summed E-state index contributed by atoms with van der Waals surface area (Å²) in [5.41, 5.74) is 1.45. The van der Waals surface area contributed by atoms with Crippen LogP contribution in [-0.2, 0) is 4.79 Å². The Kier molecular flexibility index (Phi) is 6.43. The second-order valence-corrected chi connectivity index (χ2v) is 7.67. The van der Waals surface area contributed by atoms with Gasteiger partial charge in [0, 0.05) is 17.3 Å². The van der Waals surface area contributed by atoms with Gasteiger partial charge < -0.3 is 5.32 Å². The topological polar surface area (TPSA) is 76.9 Å². The van der Waals surface area contributed by atoms with E-state index in [9.17, 15) is 14.0 Å². The van der Waals surface area contributed by atoms with Crippen molar-refractivity contribution < 1.29 is 14.0 Å². The minimum absolute atomic E-state index is 0.0163. The molecule has 1 heterocycles. The molecule has 0 aliphatic rings. The molecule has 0 saturated heterocycles. The quantitative estimate of drug-likeness (QED) is 0.453. The van der Waals surface area contributed by atoms with Crippen molar-refractivity contribution >= 4 is 29.1 Å². The Labute approximate surface area is 172 Å². The lowest BCUT2D eigenvalue weighted by Gasteiger charge is -2.14. The van der Waals surface area contributed by atoms with Crippen LogP contribution in [0, 0.1) is 5.82 Å². The number of thioether (sulfide) groups is 1. The number of nitrogens with zero attached hydrogens (tertiary/aromatic N) is 3. The summed E-state index contributed by atoms with van der Waals surface area (Å²) in [6.07, 6.45) is 0. The largest absolute Gasteiger partial charge is 0.325 e. The maximum Gasteiger partial charge on any atom is 0.234 e. The minimum atomic E-state index is -0.374. The summed E-state index contributed by atoms with van der Waals surface area (Å²) in [6, 6.07) is 13.2. The lowest BCUT2D eigenvalue weighted by Crippen LogP contribution is -2.15. The van der Waals surface area contributed by atoms with Crippen molar-refractivity contribution in [3.63, 3.8) is 0 Å². The number of aromatic nitrogens is 3. The lowest BCUT2D eigenvalue weighted by atomic mass is 10.1. The van der Waals surface area contributed by atoms with Crippen molar-refractivity contribution in [1.82, 2.24) is 14.8 Å². The van der Waals surface area contributed by atoms with Crippen LogP contribution in [0.15, 0.2) is 53.7 Å². The van der Waals surface area contributed by atoms with Crippen LogP contribution >= 0.6 is 11.8 Å². The van der Waals surface area contributed by atoms with Gasteiger partial charge in [-0.15, -0.1) is 10.2 Å². The summed E-state index contributed by atoms with van der Waals surface area (Å²) in [5, 5.41) is 11.6. The van der Waals surface area contributed by atoms with E-state index >= 15 is 0 Å². The summed E-state index contributed by atoms with van der Waals surface area (Å²) < 4.78 is 16.0. The molecule has 0 spiro atoms. The second-order valence-electron chi connectivity index (χ2n) is 6.72. The average Bonchev–Trinajstić information content (AvgIpc) is 3.11. The maximum absolute atomic E-state index is 14.2. The summed E-state index contributed by atoms with van der Waals surface area (Å²) in [4.78, 5) is 23.8. The summed E-state index contributed by atoms with van der Waals surface area (Å²) in [5.74, 6) is -0.147. The Bertz CT molecular complexity index is 1050. The maximum atomic E-state index is 14.2. The number of amides is 1. The van der Waals surface area contributed by atoms with Crippen LogP contribution in [0.5, 0.6) is 0 Å². The molecule has 3 aromatic rings. The molecule has 2 aromatic carbocycles. The number of hydrogen-bond acceptors (Lipinski definition) is 5. The van der Waals surface area contributed by atoms with E-state index in [0.717, 1.165) is 0 Å². The van der Waals surface area contributed by atoms with Gasteiger partial charge in [0.05, 0.1) is 11.3 Å². The second kappa shape index (κ2) is 9.00. The van der Waals surface area contributed by atoms with Gasteiger partial charge in [0.1, 0.15) is 5.82 Å². The molecular formula is C21H21FN4O2S. The van der Waals surface area contributed by atoms with Crippen LogP contribution < -0.4 is 5.32 Å². The number of nitrogens with one attached hydrogen (secondary N) is 1. The molecule has 1 aromatic heterocycles. The van der Waals surface area contributed by atoms with Crippen LogP contribution in [-0.4, -0.2) is 32.2 Å². The van der Waals surface area contributed by atoms with Gasteiger partial charge in [0.25, 0.3) is 0 Å². The van der Waals surface area contributed by atoms with E-state index in [1.807, 2.05) is 18.4 Å². The predicted molar refractivity (Wildman–Crippen MR) is 112 cm³/mol. The first kappa shape index (κ1) is 20.7. The molecule has 8 heteroatoms. The Morgan fingerprint density at radius 1 is 1.14 bits per heavy atom. The van der Waals surface area contributed by atoms with Crippen LogP contribution in [0.4, 0.5) is 10.1 Å². The lowest BCUT2D eigenvalue weighted by molar-refractivity contribution is -0.113. The number of halogens is 1. The van der Waals surface area contributed by atoms with Crippen molar-refractivity contribution in [3.05, 3.63) is 59.9 Å². The molecule has 0 atom stereocenters. The van der Waals surface area contributed by atoms with Crippen molar-refractivity contribution in [2.45, 2.75) is 32.0 Å². The monoisotopic (exact) mass is 412 g/mol. The van der Waals surface area contributed by atoms with Gasteiger partial charge >= 0.3 is 0 Å². The molecule has 0 saturated carbocycles. The van der Waals surface area contributed by atoms with Gasteiger partial charge in [-0.1, -0.05) is 36.0 Å². The third-order valence-electron chi connectivity index (χ3n) is 4.18. The van der Waals surface area contributed by atoms with Crippen LogP contribution in [0.1, 0.15) is 37.2 Å². The fourth-order valence-electron chi connectivity index (χ4n) is 2.81. The van der Waals surface area contributed by atoms with Gasteiger partial charge in [-0.05, 0) is 45.0 Å². The molecule has 150 valence electrons. The van der Waals surface area contributed by atoms with Crippen LogP contribution in [0.3, 0.4) is 0 Å². The highest BCUT2D eigenvalue weighted by molar-refractivity contribution is 7.99. The molecule has 6 nitrogen and oxygen atoms in total. The molecule has 1 N–H and O–H groups in total. The zero-order valence-electron chi connectivity index (χ0n) is 16.3. The molecule has 0 aliphatic carbocycles. The smallest absolute Gasteiger partial charge is 0.234 e. The highest BCUT2D eigenvalue weighted by Crippen LogP contribution is 2.29. The number of anilines is 1. The van der Waals surface area contributed by atoms with E-state index in [2.05, 4.69) is 15.5 Å². The number of benzene rings is 2. The van der Waals surface area contributed by atoms with Gasteiger partial charge in [-0.3, -0.25) is 14.2 Å². The highest BCUT2D eigenvalue weighted by atomic mass is 32.2. The minimum Gasteiger partial charge on any atom is -0.325 e. The van der Waals surface area contributed by atoms with E-state index in [0.29, 0.717) is 27.8 Å². The molecule has 1 amide bonds. The number of rotatable bonds is 7. The highest BCUT2D eigenvalue weighted by Gasteiger charge is 2.20. The standard InChI is InChI=1S/C21H21FN4O2S/c1-13(2)26-20(17-9-4-5-10-18(17)22)24-25-21(26)29-12-19(28)23-16-8-6-7-15(11-16)14(3)27/h4-11,13H,12H2,1-3H3,(H,23,28). The van der Waals surface area contributed by atoms with Crippen LogP contribution in [0.25, 0.3) is 11.4 Å². The molecule has 0 unspecified atom stereocenters. The Balaban J connectivity index is 1.74. The van der Waals surface area contributed by atoms with E-state index in [4.69, 9.17) is 0 Å². The molecule has 0 aliphatic heterocycles. The summed E-state index contributed by atoms with van der Waals surface area (Å²) in [6.45, 7) is 5.37. The number of hydrogen-bond donors (Lipinski definition) is 1. The van der Waals surface area contributed by atoms with Crippen LogP contribution in [0.2, 0.25) is 0 Å². The number of Topliss-reactive ketones (excluding diaryl/α,β-unsaturated/α-hetero) is 1.